The van der Waals surface area contributed by atoms with Crippen LogP contribution in [0.2, 0.25) is 0 Å². The normalized spacial score (nSPS) is 37.5. The Morgan fingerprint density at radius 1 is 1.00 bits per heavy atom. The van der Waals surface area contributed by atoms with E-state index >= 15 is 0 Å². The average Bonchev–Trinajstić information content (AvgIpc) is 3.03. The van der Waals surface area contributed by atoms with Crippen molar-refractivity contribution in [1.29, 1.82) is 0 Å². The zero-order chi connectivity index (χ0) is 15.8. The van der Waals surface area contributed by atoms with Crippen molar-refractivity contribution in [2.24, 2.45) is 16.7 Å². The van der Waals surface area contributed by atoms with E-state index in [0.29, 0.717) is 24.0 Å². The number of amides is 1. The first-order valence-electron chi connectivity index (χ1n) is 9.40. The van der Waals surface area contributed by atoms with E-state index in [1.54, 1.807) is 0 Å². The summed E-state index contributed by atoms with van der Waals surface area (Å²) in [5.74, 6) is 0.682. The summed E-state index contributed by atoms with van der Waals surface area (Å²) >= 11 is 0. The minimum absolute atomic E-state index is 0.236. The number of hydrogen-bond acceptors (Lipinski definition) is 4. The second-order valence-corrected chi connectivity index (χ2v) is 8.19. The van der Waals surface area contributed by atoms with Crippen molar-refractivity contribution < 1.29 is 14.3 Å². The molecule has 1 amide bonds. The van der Waals surface area contributed by atoms with Crippen LogP contribution < -0.4 is 10.6 Å². The number of carbonyl (C=O) groups is 1. The van der Waals surface area contributed by atoms with Crippen LogP contribution in [0, 0.1) is 16.7 Å². The lowest BCUT2D eigenvalue weighted by Crippen LogP contribution is -2.55. The molecule has 0 aromatic rings. The molecule has 4 rings (SSSR count). The summed E-state index contributed by atoms with van der Waals surface area (Å²) in [5, 5.41) is 6.80. The third kappa shape index (κ3) is 2.92. The van der Waals surface area contributed by atoms with Gasteiger partial charge in [-0.25, -0.2) is 0 Å². The molecule has 0 radical (unpaired) electrons. The number of rotatable bonds is 2. The van der Waals surface area contributed by atoms with E-state index in [1.165, 1.54) is 25.7 Å². The van der Waals surface area contributed by atoms with Crippen LogP contribution in [0.15, 0.2) is 0 Å². The van der Waals surface area contributed by atoms with Crippen molar-refractivity contribution in [1.82, 2.24) is 10.6 Å². The molecule has 0 aromatic heterocycles. The van der Waals surface area contributed by atoms with Crippen LogP contribution in [-0.2, 0) is 14.3 Å². The standard InChI is InChI=1S/C18H30N2O3/c21-16(18-12-19-11-14(18)3-8-23-13-18)20-15-1-4-17(5-2-15)6-9-22-10-7-17/h14-15,19H,1-13H2,(H,20,21)/t14-,18+/m1/s1. The van der Waals surface area contributed by atoms with Gasteiger partial charge < -0.3 is 20.1 Å². The van der Waals surface area contributed by atoms with Gasteiger partial charge >= 0.3 is 0 Å². The third-order valence-electron chi connectivity index (χ3n) is 6.97. The third-order valence-corrected chi connectivity index (χ3v) is 6.97. The van der Waals surface area contributed by atoms with Gasteiger partial charge in [0, 0.05) is 32.4 Å². The second kappa shape index (κ2) is 6.34. The highest BCUT2D eigenvalue weighted by molar-refractivity contribution is 5.84. The van der Waals surface area contributed by atoms with Crippen molar-refractivity contribution in [3.8, 4) is 0 Å². The number of fused-ring (bicyclic) bond motifs is 1. The van der Waals surface area contributed by atoms with Gasteiger partial charge in [0.25, 0.3) is 0 Å². The second-order valence-electron chi connectivity index (χ2n) is 8.19. The van der Waals surface area contributed by atoms with Crippen molar-refractivity contribution in [2.45, 2.75) is 51.0 Å². The summed E-state index contributed by atoms with van der Waals surface area (Å²) in [4.78, 5) is 13.0. The van der Waals surface area contributed by atoms with Gasteiger partial charge in [0.2, 0.25) is 5.91 Å². The Balaban J connectivity index is 1.34. The number of ether oxygens (including phenoxy) is 2. The fraction of sp³-hybridized carbons (Fsp3) is 0.944. The smallest absolute Gasteiger partial charge is 0.230 e. The highest BCUT2D eigenvalue weighted by Gasteiger charge is 2.51. The quantitative estimate of drug-likeness (QED) is 0.808. The highest BCUT2D eigenvalue weighted by atomic mass is 16.5. The number of carbonyl (C=O) groups excluding carboxylic acids is 1. The topological polar surface area (TPSA) is 59.6 Å². The Morgan fingerprint density at radius 3 is 2.57 bits per heavy atom. The summed E-state index contributed by atoms with van der Waals surface area (Å²) in [6.45, 7) is 4.97. The lowest BCUT2D eigenvalue weighted by atomic mass is 9.67. The summed E-state index contributed by atoms with van der Waals surface area (Å²) in [6.07, 6.45) is 8.16. The predicted octanol–water partition coefficient (Wildman–Crippen LogP) is 1.47. The molecule has 1 spiro atoms. The summed E-state index contributed by atoms with van der Waals surface area (Å²) < 4.78 is 11.2. The molecule has 5 nitrogen and oxygen atoms in total. The van der Waals surface area contributed by atoms with Crippen LogP contribution in [0.25, 0.3) is 0 Å². The van der Waals surface area contributed by atoms with E-state index < -0.39 is 0 Å². The van der Waals surface area contributed by atoms with E-state index in [9.17, 15) is 4.79 Å². The van der Waals surface area contributed by atoms with Gasteiger partial charge in [-0.15, -0.1) is 0 Å². The molecule has 5 heteroatoms. The van der Waals surface area contributed by atoms with Crippen molar-refractivity contribution >= 4 is 5.91 Å². The molecule has 0 aromatic carbocycles. The molecule has 0 bridgehead atoms. The minimum atomic E-state index is -0.313. The SMILES string of the molecule is O=C(NC1CCC2(CCOCC2)CC1)[C@]12CNC[C@H]1CCOC2. The lowest BCUT2D eigenvalue weighted by Gasteiger charge is -2.44. The first-order chi connectivity index (χ1) is 11.2. The molecular weight excluding hydrogens is 292 g/mol. The lowest BCUT2D eigenvalue weighted by molar-refractivity contribution is -0.142. The monoisotopic (exact) mass is 322 g/mol. The molecule has 4 aliphatic rings. The van der Waals surface area contributed by atoms with Gasteiger partial charge in [-0.3, -0.25) is 4.79 Å². The maximum Gasteiger partial charge on any atom is 0.230 e. The van der Waals surface area contributed by atoms with Gasteiger partial charge in [0.15, 0.2) is 0 Å². The van der Waals surface area contributed by atoms with E-state index in [4.69, 9.17) is 9.47 Å². The van der Waals surface area contributed by atoms with Gasteiger partial charge in [0.1, 0.15) is 0 Å². The van der Waals surface area contributed by atoms with Gasteiger partial charge in [-0.05, 0) is 62.8 Å². The first kappa shape index (κ1) is 15.9. The van der Waals surface area contributed by atoms with E-state index in [2.05, 4.69) is 10.6 Å². The van der Waals surface area contributed by atoms with Crippen LogP contribution in [0.4, 0.5) is 0 Å². The summed E-state index contributed by atoms with van der Waals surface area (Å²) in [5.41, 5.74) is 0.190. The van der Waals surface area contributed by atoms with Crippen molar-refractivity contribution in [3.05, 3.63) is 0 Å². The van der Waals surface area contributed by atoms with Crippen LogP contribution in [-0.4, -0.2) is 51.5 Å². The molecular formula is C18H30N2O3. The Labute approximate surface area is 138 Å². The van der Waals surface area contributed by atoms with Gasteiger partial charge in [0.05, 0.1) is 12.0 Å². The molecule has 4 fully saturated rings. The Hall–Kier alpha value is -0.650. The summed E-state index contributed by atoms with van der Waals surface area (Å²) in [6, 6.07) is 0.355. The van der Waals surface area contributed by atoms with Crippen LogP contribution in [0.1, 0.15) is 44.9 Å². The zero-order valence-corrected chi connectivity index (χ0v) is 14.1. The molecule has 3 aliphatic heterocycles. The van der Waals surface area contributed by atoms with Crippen LogP contribution >= 0.6 is 0 Å². The molecule has 3 heterocycles. The van der Waals surface area contributed by atoms with Crippen LogP contribution in [0.5, 0.6) is 0 Å². The first-order valence-corrected chi connectivity index (χ1v) is 9.40. The molecule has 0 unspecified atom stereocenters. The maximum absolute atomic E-state index is 13.0. The van der Waals surface area contributed by atoms with Crippen molar-refractivity contribution in [3.63, 3.8) is 0 Å². The fourth-order valence-corrected chi connectivity index (χ4v) is 5.18. The Kier molecular flexibility index (Phi) is 4.37. The molecule has 2 atom stereocenters. The van der Waals surface area contributed by atoms with Gasteiger partial charge in [-0.2, -0.15) is 0 Å². The number of hydrogen-bond donors (Lipinski definition) is 2. The molecule has 1 saturated carbocycles. The Bertz CT molecular complexity index is 440. The fourth-order valence-electron chi connectivity index (χ4n) is 5.18. The Morgan fingerprint density at radius 2 is 1.78 bits per heavy atom. The van der Waals surface area contributed by atoms with E-state index in [-0.39, 0.29) is 11.3 Å². The molecule has 130 valence electrons. The number of nitrogens with one attached hydrogen (secondary N) is 2. The molecule has 2 N–H and O–H groups in total. The summed E-state index contributed by atoms with van der Waals surface area (Å²) in [7, 11) is 0. The zero-order valence-electron chi connectivity index (χ0n) is 14.1. The minimum Gasteiger partial charge on any atom is -0.381 e. The molecule has 3 saturated heterocycles. The molecule has 23 heavy (non-hydrogen) atoms. The maximum atomic E-state index is 13.0. The van der Waals surface area contributed by atoms with Crippen LogP contribution in [0.3, 0.4) is 0 Å². The van der Waals surface area contributed by atoms with Gasteiger partial charge in [-0.1, -0.05) is 0 Å². The van der Waals surface area contributed by atoms with E-state index in [1.807, 2.05) is 0 Å². The van der Waals surface area contributed by atoms with Crippen molar-refractivity contribution in [2.75, 3.05) is 39.5 Å². The average molecular weight is 322 g/mol. The highest BCUT2D eigenvalue weighted by Crippen LogP contribution is 2.44. The predicted molar refractivity (Wildman–Crippen MR) is 87.1 cm³/mol. The van der Waals surface area contributed by atoms with E-state index in [0.717, 1.165) is 52.2 Å². The largest absolute Gasteiger partial charge is 0.381 e. The molecule has 1 aliphatic carbocycles.